The maximum absolute atomic E-state index is 12.5. The molecule has 0 unspecified atom stereocenters. The molecule has 4 rings (SSSR count). The molecule has 24 heavy (non-hydrogen) atoms. The van der Waals surface area contributed by atoms with Gasteiger partial charge in [0.2, 0.25) is 5.91 Å². The van der Waals surface area contributed by atoms with Crippen molar-refractivity contribution in [2.75, 3.05) is 17.2 Å². The Morgan fingerprint density at radius 2 is 2.12 bits per heavy atom. The van der Waals surface area contributed by atoms with Crippen LogP contribution in [-0.4, -0.2) is 24.0 Å². The Morgan fingerprint density at radius 1 is 1.29 bits per heavy atom. The number of aromatic nitrogens is 1. The fourth-order valence-electron chi connectivity index (χ4n) is 3.39. The van der Waals surface area contributed by atoms with Crippen molar-refractivity contribution in [2.24, 2.45) is 0 Å². The molecule has 2 aromatic rings. The Labute approximate surface area is 143 Å². The minimum atomic E-state index is -0.0145. The number of hydrogen-bond acceptors (Lipinski definition) is 4. The molecule has 6 heteroatoms. The van der Waals surface area contributed by atoms with Crippen LogP contribution in [-0.2, 0) is 17.6 Å². The monoisotopic (exact) mass is 340 g/mol. The number of ketones is 1. The molecule has 1 aromatic carbocycles. The van der Waals surface area contributed by atoms with Gasteiger partial charge in [0.05, 0.1) is 17.9 Å². The van der Waals surface area contributed by atoms with Crippen molar-refractivity contribution >= 4 is 29.1 Å². The summed E-state index contributed by atoms with van der Waals surface area (Å²) in [7, 11) is 0. The first-order valence-electron chi connectivity index (χ1n) is 7.94. The number of nitrogens with zero attached hydrogens (tertiary/aromatic N) is 2. The molecule has 0 radical (unpaired) electrons. The highest BCUT2D eigenvalue weighted by Crippen LogP contribution is 2.37. The quantitative estimate of drug-likeness (QED) is 0.370. The second-order valence-corrected chi connectivity index (χ2v) is 7.04. The normalized spacial score (nSPS) is 15.5. The van der Waals surface area contributed by atoms with Crippen LogP contribution in [0.25, 0.3) is 0 Å². The number of thioether (sulfide) groups is 1. The van der Waals surface area contributed by atoms with E-state index in [0.717, 1.165) is 40.9 Å². The first-order valence-corrected chi connectivity index (χ1v) is 8.92. The molecule has 3 heterocycles. The van der Waals surface area contributed by atoms with Crippen molar-refractivity contribution in [1.82, 2.24) is 0 Å². The lowest BCUT2D eigenvalue weighted by Gasteiger charge is -2.25. The fourth-order valence-corrected chi connectivity index (χ4v) is 4.20. The van der Waals surface area contributed by atoms with Crippen molar-refractivity contribution in [1.29, 1.82) is 0 Å². The smallest absolute Gasteiger partial charge is 0.251 e. The molecule has 0 aliphatic carbocycles. The van der Waals surface area contributed by atoms with Crippen LogP contribution >= 0.6 is 11.8 Å². The van der Waals surface area contributed by atoms with Crippen LogP contribution in [0.4, 0.5) is 5.69 Å². The summed E-state index contributed by atoms with van der Waals surface area (Å²) >= 11 is 1.24. The Balaban J connectivity index is 1.57. The second-order valence-electron chi connectivity index (χ2n) is 6.05. The molecular formula is C18H16N2O3S. The molecule has 0 saturated heterocycles. The number of benzene rings is 1. The van der Waals surface area contributed by atoms with Gasteiger partial charge in [-0.05, 0) is 53.9 Å². The third-order valence-electron chi connectivity index (χ3n) is 4.47. The van der Waals surface area contributed by atoms with E-state index >= 15 is 0 Å². The Bertz CT molecular complexity index is 850. The number of carbonyl (C=O) groups is 2. The number of pyridine rings is 1. The molecule has 0 spiro atoms. The third-order valence-corrected chi connectivity index (χ3v) is 5.49. The minimum absolute atomic E-state index is 0.0145. The largest absolute Gasteiger partial charge is 0.618 e. The molecule has 0 bridgehead atoms. The van der Waals surface area contributed by atoms with Crippen LogP contribution in [0.15, 0.2) is 41.6 Å². The zero-order valence-electron chi connectivity index (χ0n) is 13.0. The predicted molar refractivity (Wildman–Crippen MR) is 91.3 cm³/mol. The van der Waals surface area contributed by atoms with Gasteiger partial charge in [-0.25, -0.2) is 0 Å². The lowest BCUT2D eigenvalue weighted by atomic mass is 9.96. The standard InChI is InChI=1S/C18H16N2O3S/c21-15(11-24-17-5-1-2-7-20(17)23)13-8-12-4-3-6-19-16(22)10-14(9-13)18(12)19/h1-2,5,7-9H,3-4,6,10-11H2. The number of Topliss-reactive ketones (excluding diaryl/α,β-unsaturated/α-hetero) is 1. The Hall–Kier alpha value is -2.34. The van der Waals surface area contributed by atoms with Crippen molar-refractivity contribution < 1.29 is 14.3 Å². The van der Waals surface area contributed by atoms with E-state index < -0.39 is 0 Å². The van der Waals surface area contributed by atoms with Gasteiger partial charge < -0.3 is 10.1 Å². The number of carbonyl (C=O) groups excluding carboxylic acids is 2. The molecule has 1 aromatic heterocycles. The average Bonchev–Trinajstić information content (AvgIpc) is 2.91. The SMILES string of the molecule is O=C(CSc1cccc[n+]1[O-])c1cc2c3c(c1)CC(=O)N3CCC2. The third kappa shape index (κ3) is 2.57. The highest BCUT2D eigenvalue weighted by atomic mass is 32.2. The summed E-state index contributed by atoms with van der Waals surface area (Å²) in [6, 6.07) is 8.91. The van der Waals surface area contributed by atoms with Crippen LogP contribution in [0.2, 0.25) is 0 Å². The summed E-state index contributed by atoms with van der Waals surface area (Å²) in [6.45, 7) is 0.777. The minimum Gasteiger partial charge on any atom is -0.618 e. The zero-order chi connectivity index (χ0) is 16.7. The Morgan fingerprint density at radius 3 is 2.96 bits per heavy atom. The zero-order valence-corrected chi connectivity index (χ0v) is 13.8. The van der Waals surface area contributed by atoms with Crippen LogP contribution in [0.3, 0.4) is 0 Å². The number of hydrogen-bond donors (Lipinski definition) is 0. The lowest BCUT2D eigenvalue weighted by molar-refractivity contribution is -0.645. The molecule has 1 amide bonds. The summed E-state index contributed by atoms with van der Waals surface area (Å²) in [5.41, 5.74) is 3.72. The van der Waals surface area contributed by atoms with E-state index in [0.29, 0.717) is 17.0 Å². The molecule has 0 fully saturated rings. The van der Waals surface area contributed by atoms with Gasteiger partial charge in [0.25, 0.3) is 5.03 Å². The van der Waals surface area contributed by atoms with E-state index in [-0.39, 0.29) is 17.4 Å². The lowest BCUT2D eigenvalue weighted by Crippen LogP contribution is -2.31. The molecule has 0 atom stereocenters. The molecule has 0 N–H and O–H groups in total. The molecular weight excluding hydrogens is 324 g/mol. The van der Waals surface area contributed by atoms with Crippen molar-refractivity contribution in [3.05, 3.63) is 58.4 Å². The average molecular weight is 340 g/mol. The highest BCUT2D eigenvalue weighted by molar-refractivity contribution is 7.99. The van der Waals surface area contributed by atoms with E-state index in [1.54, 1.807) is 18.2 Å². The maximum atomic E-state index is 12.5. The number of anilines is 1. The summed E-state index contributed by atoms with van der Waals surface area (Å²) < 4.78 is 0.765. The van der Waals surface area contributed by atoms with Gasteiger partial charge in [-0.3, -0.25) is 9.59 Å². The number of rotatable bonds is 4. The van der Waals surface area contributed by atoms with Crippen LogP contribution in [0.5, 0.6) is 0 Å². The molecule has 2 aliphatic rings. The number of aryl methyl sites for hydroxylation is 1. The van der Waals surface area contributed by atoms with E-state index in [1.807, 2.05) is 17.0 Å². The van der Waals surface area contributed by atoms with Gasteiger partial charge in [0.15, 0.2) is 12.0 Å². The van der Waals surface area contributed by atoms with Crippen LogP contribution < -0.4 is 9.63 Å². The van der Waals surface area contributed by atoms with E-state index in [4.69, 9.17) is 0 Å². The van der Waals surface area contributed by atoms with Crippen LogP contribution in [0, 0.1) is 5.21 Å². The summed E-state index contributed by atoms with van der Waals surface area (Å²) in [4.78, 5) is 26.5. The first-order chi connectivity index (χ1) is 11.6. The van der Waals surface area contributed by atoms with Crippen molar-refractivity contribution in [3.8, 4) is 0 Å². The molecule has 5 nitrogen and oxygen atoms in total. The number of amides is 1. The summed E-state index contributed by atoms with van der Waals surface area (Å²) in [5, 5.41) is 12.2. The van der Waals surface area contributed by atoms with Crippen molar-refractivity contribution in [3.63, 3.8) is 0 Å². The van der Waals surface area contributed by atoms with E-state index in [9.17, 15) is 14.8 Å². The topological polar surface area (TPSA) is 64.3 Å². The van der Waals surface area contributed by atoms with Gasteiger partial charge in [0.1, 0.15) is 0 Å². The Kier molecular flexibility index (Phi) is 3.76. The van der Waals surface area contributed by atoms with Gasteiger partial charge in [-0.2, -0.15) is 4.73 Å². The maximum Gasteiger partial charge on any atom is 0.251 e. The van der Waals surface area contributed by atoms with Gasteiger partial charge >= 0.3 is 0 Å². The first kappa shape index (κ1) is 15.2. The molecule has 122 valence electrons. The van der Waals surface area contributed by atoms with Crippen LogP contribution in [0.1, 0.15) is 27.9 Å². The fraction of sp³-hybridized carbons (Fsp3) is 0.278. The summed E-state index contributed by atoms with van der Waals surface area (Å²) in [5.74, 6) is 0.322. The second kappa shape index (κ2) is 5.94. The van der Waals surface area contributed by atoms with Gasteiger partial charge in [-0.15, -0.1) is 0 Å². The van der Waals surface area contributed by atoms with Gasteiger partial charge in [-0.1, -0.05) is 0 Å². The van der Waals surface area contributed by atoms with E-state index in [2.05, 4.69) is 0 Å². The molecule has 2 aliphatic heterocycles. The highest BCUT2D eigenvalue weighted by Gasteiger charge is 2.32. The van der Waals surface area contributed by atoms with Crippen molar-refractivity contribution in [2.45, 2.75) is 24.3 Å². The van der Waals surface area contributed by atoms with E-state index in [1.165, 1.54) is 18.0 Å². The molecule has 0 saturated carbocycles. The summed E-state index contributed by atoms with van der Waals surface area (Å²) in [6.07, 6.45) is 3.65. The van der Waals surface area contributed by atoms with Gasteiger partial charge in [0, 0.05) is 24.2 Å². The predicted octanol–water partition coefficient (Wildman–Crippen LogP) is 2.13.